The van der Waals surface area contributed by atoms with Crippen LogP contribution in [0, 0.1) is 0 Å². The summed E-state index contributed by atoms with van der Waals surface area (Å²) < 4.78 is 11.4. The fourth-order valence-electron chi connectivity index (χ4n) is 1.57. The maximum Gasteiger partial charge on any atom is 0.129 e. The Kier molecular flexibility index (Phi) is 4.70. The van der Waals surface area contributed by atoms with Crippen molar-refractivity contribution in [2.75, 3.05) is 14.2 Å². The lowest BCUT2D eigenvalue weighted by atomic mass is 10.1. The fraction of sp³-hybridized carbons (Fsp3) is 0.231. The van der Waals surface area contributed by atoms with Gasteiger partial charge < -0.3 is 9.47 Å². The molecule has 18 heavy (non-hydrogen) atoms. The third-order valence-corrected chi connectivity index (χ3v) is 5.51. The van der Waals surface area contributed by atoms with Crippen LogP contribution in [0.4, 0.5) is 0 Å². The van der Waals surface area contributed by atoms with Crippen LogP contribution in [0.1, 0.15) is 15.3 Å². The van der Waals surface area contributed by atoms with Crippen molar-refractivity contribution in [2.45, 2.75) is 4.83 Å². The zero-order valence-corrected chi connectivity index (χ0v) is 13.9. The average molecular weight is 392 g/mol. The van der Waals surface area contributed by atoms with Crippen molar-refractivity contribution >= 4 is 43.2 Å². The first-order chi connectivity index (χ1) is 8.65. The SMILES string of the molecule is COc1csc(C(Br)c2ccc(OC)cc2Br)c1. The Bertz CT molecular complexity index is 540. The van der Waals surface area contributed by atoms with Gasteiger partial charge in [-0.05, 0) is 23.8 Å². The Morgan fingerprint density at radius 2 is 1.83 bits per heavy atom. The lowest BCUT2D eigenvalue weighted by Gasteiger charge is -2.11. The number of hydrogen-bond donors (Lipinski definition) is 0. The highest BCUT2D eigenvalue weighted by Crippen LogP contribution is 2.40. The van der Waals surface area contributed by atoms with Gasteiger partial charge in [0.05, 0.1) is 19.0 Å². The fourth-order valence-corrected chi connectivity index (χ4v) is 4.16. The zero-order valence-electron chi connectivity index (χ0n) is 9.94. The van der Waals surface area contributed by atoms with E-state index in [1.165, 1.54) is 10.4 Å². The molecule has 0 N–H and O–H groups in total. The molecule has 1 aromatic carbocycles. The number of methoxy groups -OCH3 is 2. The minimum Gasteiger partial charge on any atom is -0.497 e. The molecule has 1 aromatic heterocycles. The molecule has 0 saturated carbocycles. The molecule has 96 valence electrons. The van der Waals surface area contributed by atoms with Crippen LogP contribution in [-0.4, -0.2) is 14.2 Å². The molecular weight excluding hydrogens is 380 g/mol. The summed E-state index contributed by atoms with van der Waals surface area (Å²) >= 11 is 8.96. The smallest absolute Gasteiger partial charge is 0.129 e. The molecule has 5 heteroatoms. The summed E-state index contributed by atoms with van der Waals surface area (Å²) in [7, 11) is 3.34. The van der Waals surface area contributed by atoms with Crippen molar-refractivity contribution in [1.29, 1.82) is 0 Å². The molecule has 0 fully saturated rings. The minimum atomic E-state index is 0.145. The van der Waals surface area contributed by atoms with E-state index in [1.807, 2.05) is 23.6 Å². The summed E-state index contributed by atoms with van der Waals surface area (Å²) in [4.78, 5) is 1.35. The van der Waals surface area contributed by atoms with Gasteiger partial charge in [0.2, 0.25) is 0 Å². The van der Waals surface area contributed by atoms with Crippen molar-refractivity contribution in [2.24, 2.45) is 0 Å². The van der Waals surface area contributed by atoms with Crippen LogP contribution in [0.3, 0.4) is 0 Å². The van der Waals surface area contributed by atoms with Gasteiger partial charge in [-0.15, -0.1) is 11.3 Å². The number of rotatable bonds is 4. The second-order valence-corrected chi connectivity index (χ2v) is 6.35. The number of hydrogen-bond acceptors (Lipinski definition) is 3. The number of halogens is 2. The molecular formula is C13H12Br2O2S. The molecule has 1 heterocycles. The van der Waals surface area contributed by atoms with E-state index in [0.29, 0.717) is 0 Å². The summed E-state index contributed by atoms with van der Waals surface area (Å²) in [6, 6.07) is 8.02. The van der Waals surface area contributed by atoms with Gasteiger partial charge in [-0.2, -0.15) is 0 Å². The molecule has 0 aliphatic carbocycles. The number of ether oxygens (including phenoxy) is 2. The van der Waals surface area contributed by atoms with Crippen LogP contribution in [0.25, 0.3) is 0 Å². The van der Waals surface area contributed by atoms with Crippen molar-refractivity contribution in [1.82, 2.24) is 0 Å². The Morgan fingerprint density at radius 1 is 1.11 bits per heavy atom. The van der Waals surface area contributed by atoms with E-state index in [4.69, 9.17) is 9.47 Å². The molecule has 2 rings (SSSR count). The minimum absolute atomic E-state index is 0.145. The van der Waals surface area contributed by atoms with Crippen LogP contribution in [0.15, 0.2) is 34.1 Å². The molecule has 0 aliphatic rings. The summed E-state index contributed by atoms with van der Waals surface area (Å²) in [5.74, 6) is 1.73. The van der Waals surface area contributed by atoms with E-state index in [0.717, 1.165) is 16.0 Å². The first-order valence-corrected chi connectivity index (χ1v) is 7.84. The molecule has 2 nitrogen and oxygen atoms in total. The van der Waals surface area contributed by atoms with Crippen molar-refractivity contribution < 1.29 is 9.47 Å². The Morgan fingerprint density at radius 3 is 2.39 bits per heavy atom. The first-order valence-electron chi connectivity index (χ1n) is 5.25. The lowest BCUT2D eigenvalue weighted by Crippen LogP contribution is -1.92. The predicted octanol–water partition coefficient (Wildman–Crippen LogP) is 5.01. The van der Waals surface area contributed by atoms with Crippen molar-refractivity contribution in [3.05, 3.63) is 44.6 Å². The maximum atomic E-state index is 5.21. The van der Waals surface area contributed by atoms with E-state index in [9.17, 15) is 0 Å². The van der Waals surface area contributed by atoms with Gasteiger partial charge in [0.25, 0.3) is 0 Å². The van der Waals surface area contributed by atoms with Crippen LogP contribution in [-0.2, 0) is 0 Å². The van der Waals surface area contributed by atoms with Crippen LogP contribution >= 0.6 is 43.2 Å². The van der Waals surface area contributed by atoms with E-state index in [1.54, 1.807) is 25.6 Å². The third kappa shape index (κ3) is 2.90. The van der Waals surface area contributed by atoms with Crippen LogP contribution in [0.5, 0.6) is 11.5 Å². The van der Waals surface area contributed by atoms with E-state index in [2.05, 4.69) is 37.9 Å². The molecule has 0 aliphatic heterocycles. The molecule has 1 unspecified atom stereocenters. The van der Waals surface area contributed by atoms with Gasteiger partial charge in [0.15, 0.2) is 0 Å². The predicted molar refractivity (Wildman–Crippen MR) is 82.3 cm³/mol. The average Bonchev–Trinajstić information content (AvgIpc) is 2.86. The number of thiophene rings is 1. The second-order valence-electron chi connectivity index (χ2n) is 3.64. The quantitative estimate of drug-likeness (QED) is 0.681. The van der Waals surface area contributed by atoms with E-state index < -0.39 is 0 Å². The van der Waals surface area contributed by atoms with Gasteiger partial charge >= 0.3 is 0 Å². The molecule has 0 spiro atoms. The van der Waals surface area contributed by atoms with Gasteiger partial charge in [0.1, 0.15) is 11.5 Å². The van der Waals surface area contributed by atoms with E-state index in [-0.39, 0.29) is 4.83 Å². The summed E-state index contributed by atoms with van der Waals surface area (Å²) in [6.07, 6.45) is 0. The first kappa shape index (κ1) is 13.9. The topological polar surface area (TPSA) is 18.5 Å². The highest BCUT2D eigenvalue weighted by molar-refractivity contribution is 9.11. The largest absolute Gasteiger partial charge is 0.497 e. The summed E-state index contributed by atoms with van der Waals surface area (Å²) in [6.45, 7) is 0. The Balaban J connectivity index is 2.30. The van der Waals surface area contributed by atoms with Gasteiger partial charge in [0, 0.05) is 14.7 Å². The van der Waals surface area contributed by atoms with Gasteiger partial charge in [-0.3, -0.25) is 0 Å². The summed E-state index contributed by atoms with van der Waals surface area (Å²) in [5.41, 5.74) is 1.17. The monoisotopic (exact) mass is 390 g/mol. The normalized spacial score (nSPS) is 12.2. The third-order valence-electron chi connectivity index (χ3n) is 2.56. The standard InChI is InChI=1S/C13H12Br2O2S/c1-16-8-3-4-10(11(14)5-8)13(15)12-6-9(17-2)7-18-12/h3-7,13H,1-2H3. The second kappa shape index (κ2) is 6.08. The molecule has 0 bridgehead atoms. The molecule has 0 amide bonds. The highest BCUT2D eigenvalue weighted by Gasteiger charge is 2.16. The van der Waals surface area contributed by atoms with Crippen molar-refractivity contribution in [3.8, 4) is 11.5 Å². The lowest BCUT2D eigenvalue weighted by molar-refractivity contribution is 0.414. The Labute approximate surface area is 127 Å². The van der Waals surface area contributed by atoms with Crippen LogP contribution in [0.2, 0.25) is 0 Å². The van der Waals surface area contributed by atoms with E-state index >= 15 is 0 Å². The molecule has 1 atom stereocenters. The summed E-state index contributed by atoms with van der Waals surface area (Å²) in [5, 5.41) is 2.00. The molecule has 0 radical (unpaired) electrons. The zero-order chi connectivity index (χ0) is 13.1. The van der Waals surface area contributed by atoms with Crippen LogP contribution < -0.4 is 9.47 Å². The molecule has 2 aromatic rings. The maximum absolute atomic E-state index is 5.21. The van der Waals surface area contributed by atoms with Gasteiger partial charge in [-0.25, -0.2) is 0 Å². The highest BCUT2D eigenvalue weighted by atomic mass is 79.9. The van der Waals surface area contributed by atoms with Crippen molar-refractivity contribution in [3.63, 3.8) is 0 Å². The number of alkyl halides is 1. The Hall–Kier alpha value is -0.520. The van der Waals surface area contributed by atoms with Gasteiger partial charge in [-0.1, -0.05) is 37.9 Å². The number of benzene rings is 1. The molecule has 0 saturated heterocycles.